The van der Waals surface area contributed by atoms with E-state index in [4.69, 9.17) is 23.2 Å². The molecule has 0 fully saturated rings. The third-order valence-corrected chi connectivity index (χ3v) is 5.35. The molecule has 0 spiro atoms. The Morgan fingerprint density at radius 2 is 1.63 bits per heavy atom. The Bertz CT molecular complexity index is 1060. The van der Waals surface area contributed by atoms with Gasteiger partial charge in [-0.1, -0.05) is 39.1 Å². The second-order valence-electron chi connectivity index (χ2n) is 6.32. The van der Waals surface area contributed by atoms with Crippen molar-refractivity contribution < 1.29 is 14.0 Å². The minimum atomic E-state index is -0.417. The monoisotopic (exact) mass is 508 g/mol. The topological polar surface area (TPSA) is 49.4 Å². The highest BCUT2D eigenvalue weighted by atomic mass is 79.9. The number of carbonyl (C=O) groups excluding carboxylic acids is 2. The van der Waals surface area contributed by atoms with Crippen molar-refractivity contribution >= 4 is 56.6 Å². The molecule has 2 amide bonds. The van der Waals surface area contributed by atoms with E-state index in [0.29, 0.717) is 16.3 Å². The fourth-order valence-electron chi connectivity index (χ4n) is 2.76. The number of halogens is 4. The largest absolute Gasteiger partial charge is 0.350 e. The molecule has 0 bridgehead atoms. The standard InChI is InChI=1S/C22H16BrCl2FN2O2/c23-15-3-1-14(2-4-15)21(29)27-11-12-28(18-8-6-17(26)7-9-18)22(30)19-10-5-16(24)13-20(19)25/h1-10,13H,11-12H2,(H,27,29). The molecule has 0 aliphatic carbocycles. The minimum absolute atomic E-state index is 0.158. The Kier molecular flexibility index (Phi) is 7.48. The van der Waals surface area contributed by atoms with Crippen molar-refractivity contribution in [3.63, 3.8) is 0 Å². The first-order valence-electron chi connectivity index (χ1n) is 8.91. The molecule has 0 saturated carbocycles. The van der Waals surface area contributed by atoms with Gasteiger partial charge in [-0.2, -0.15) is 0 Å². The average Bonchev–Trinajstić information content (AvgIpc) is 2.72. The van der Waals surface area contributed by atoms with E-state index in [0.717, 1.165) is 4.47 Å². The van der Waals surface area contributed by atoms with Gasteiger partial charge in [0.2, 0.25) is 0 Å². The molecule has 0 atom stereocenters. The van der Waals surface area contributed by atoms with Crippen LogP contribution in [0.3, 0.4) is 0 Å². The average molecular weight is 510 g/mol. The van der Waals surface area contributed by atoms with E-state index in [1.807, 2.05) is 0 Å². The van der Waals surface area contributed by atoms with E-state index in [1.165, 1.54) is 41.3 Å². The van der Waals surface area contributed by atoms with Gasteiger partial charge < -0.3 is 10.2 Å². The van der Waals surface area contributed by atoms with Gasteiger partial charge in [0.15, 0.2) is 0 Å². The summed E-state index contributed by atoms with van der Waals surface area (Å²) in [6, 6.07) is 17.0. The summed E-state index contributed by atoms with van der Waals surface area (Å²) >= 11 is 15.4. The molecule has 0 heterocycles. The maximum absolute atomic E-state index is 13.4. The molecular weight excluding hydrogens is 494 g/mol. The van der Waals surface area contributed by atoms with E-state index in [2.05, 4.69) is 21.2 Å². The van der Waals surface area contributed by atoms with Gasteiger partial charge in [0.25, 0.3) is 11.8 Å². The predicted octanol–water partition coefficient (Wildman–Crippen LogP) is 5.97. The summed E-state index contributed by atoms with van der Waals surface area (Å²) in [7, 11) is 0. The number of benzene rings is 3. The molecule has 0 aromatic heterocycles. The molecule has 0 aliphatic heterocycles. The van der Waals surface area contributed by atoms with E-state index in [9.17, 15) is 14.0 Å². The fourth-order valence-corrected chi connectivity index (χ4v) is 3.52. The molecule has 30 heavy (non-hydrogen) atoms. The molecule has 4 nitrogen and oxygen atoms in total. The second kappa shape index (κ2) is 10.1. The van der Waals surface area contributed by atoms with Crippen LogP contribution in [0.1, 0.15) is 20.7 Å². The molecule has 0 unspecified atom stereocenters. The smallest absolute Gasteiger partial charge is 0.259 e. The van der Waals surface area contributed by atoms with Gasteiger partial charge >= 0.3 is 0 Å². The van der Waals surface area contributed by atoms with Crippen molar-refractivity contribution in [1.82, 2.24) is 5.32 Å². The summed E-state index contributed by atoms with van der Waals surface area (Å²) in [5, 5.41) is 3.40. The third-order valence-electron chi connectivity index (χ3n) is 4.27. The van der Waals surface area contributed by atoms with Crippen molar-refractivity contribution in [2.75, 3.05) is 18.0 Å². The van der Waals surface area contributed by atoms with Gasteiger partial charge in [-0.3, -0.25) is 9.59 Å². The number of nitrogens with zero attached hydrogens (tertiary/aromatic N) is 1. The number of anilines is 1. The van der Waals surface area contributed by atoms with Crippen molar-refractivity contribution in [3.8, 4) is 0 Å². The number of rotatable bonds is 6. The first-order chi connectivity index (χ1) is 14.3. The lowest BCUT2D eigenvalue weighted by Gasteiger charge is -2.24. The lowest BCUT2D eigenvalue weighted by atomic mass is 10.1. The molecule has 3 aromatic carbocycles. The molecule has 3 aromatic rings. The third kappa shape index (κ3) is 5.59. The zero-order valence-electron chi connectivity index (χ0n) is 15.5. The van der Waals surface area contributed by atoms with Crippen molar-refractivity contribution in [2.45, 2.75) is 0 Å². The van der Waals surface area contributed by atoms with Crippen molar-refractivity contribution in [2.24, 2.45) is 0 Å². The summed E-state index contributed by atoms with van der Waals surface area (Å²) < 4.78 is 14.2. The molecule has 3 rings (SSSR count). The molecule has 0 radical (unpaired) electrons. The Morgan fingerprint density at radius 3 is 2.27 bits per heavy atom. The van der Waals surface area contributed by atoms with E-state index in [-0.39, 0.29) is 35.5 Å². The number of hydrogen-bond acceptors (Lipinski definition) is 2. The number of hydrogen-bond donors (Lipinski definition) is 1. The van der Waals surface area contributed by atoms with E-state index >= 15 is 0 Å². The zero-order chi connectivity index (χ0) is 21.7. The first-order valence-corrected chi connectivity index (χ1v) is 10.5. The summed E-state index contributed by atoms with van der Waals surface area (Å²) in [5.41, 5.74) is 1.23. The summed E-state index contributed by atoms with van der Waals surface area (Å²) in [6.45, 7) is 0.342. The van der Waals surface area contributed by atoms with Crippen LogP contribution in [0.2, 0.25) is 10.0 Å². The Balaban J connectivity index is 1.77. The highest BCUT2D eigenvalue weighted by Gasteiger charge is 2.20. The number of nitrogens with one attached hydrogen (secondary N) is 1. The predicted molar refractivity (Wildman–Crippen MR) is 121 cm³/mol. The van der Waals surface area contributed by atoms with E-state index in [1.54, 1.807) is 30.3 Å². The zero-order valence-corrected chi connectivity index (χ0v) is 18.6. The van der Waals surface area contributed by atoms with Gasteiger partial charge in [0.05, 0.1) is 10.6 Å². The van der Waals surface area contributed by atoms with Gasteiger partial charge in [-0.15, -0.1) is 0 Å². The van der Waals surface area contributed by atoms with Gasteiger partial charge in [-0.05, 0) is 66.7 Å². The lowest BCUT2D eigenvalue weighted by molar-refractivity contribution is 0.0943. The maximum atomic E-state index is 13.4. The van der Waals surface area contributed by atoms with Gasteiger partial charge in [0.1, 0.15) is 5.82 Å². The highest BCUT2D eigenvalue weighted by molar-refractivity contribution is 9.10. The van der Waals surface area contributed by atoms with Crippen molar-refractivity contribution in [1.29, 1.82) is 0 Å². The fraction of sp³-hybridized carbons (Fsp3) is 0.0909. The maximum Gasteiger partial charge on any atom is 0.259 e. The van der Waals surface area contributed by atoms with Crippen LogP contribution in [-0.2, 0) is 0 Å². The quantitative estimate of drug-likeness (QED) is 0.445. The summed E-state index contributed by atoms with van der Waals surface area (Å²) in [5.74, 6) is -1.07. The lowest BCUT2D eigenvalue weighted by Crippen LogP contribution is -2.39. The molecule has 154 valence electrons. The number of amides is 2. The first kappa shape index (κ1) is 22.3. The van der Waals surface area contributed by atoms with Crippen molar-refractivity contribution in [3.05, 3.63) is 98.2 Å². The molecule has 0 aliphatic rings. The number of carbonyl (C=O) groups is 2. The van der Waals surface area contributed by atoms with Gasteiger partial charge in [0, 0.05) is 33.8 Å². The second-order valence-corrected chi connectivity index (χ2v) is 8.08. The molecular formula is C22H16BrCl2FN2O2. The van der Waals surface area contributed by atoms with Crippen LogP contribution < -0.4 is 10.2 Å². The van der Waals surface area contributed by atoms with Crippen LogP contribution in [0.4, 0.5) is 10.1 Å². The minimum Gasteiger partial charge on any atom is -0.350 e. The van der Waals surface area contributed by atoms with Gasteiger partial charge in [-0.25, -0.2) is 4.39 Å². The molecule has 0 saturated heterocycles. The van der Waals surface area contributed by atoms with Crippen LogP contribution >= 0.6 is 39.1 Å². The molecule has 8 heteroatoms. The van der Waals surface area contributed by atoms with E-state index < -0.39 is 5.82 Å². The van der Waals surface area contributed by atoms with Crippen LogP contribution in [0, 0.1) is 5.82 Å². The van der Waals surface area contributed by atoms with Crippen LogP contribution in [0.5, 0.6) is 0 Å². The molecule has 1 N–H and O–H groups in total. The summed E-state index contributed by atoms with van der Waals surface area (Å²) in [4.78, 5) is 26.9. The van der Waals surface area contributed by atoms with Crippen LogP contribution in [-0.4, -0.2) is 24.9 Å². The normalized spacial score (nSPS) is 10.5. The Morgan fingerprint density at radius 1 is 0.967 bits per heavy atom. The van der Waals surface area contributed by atoms with Crippen LogP contribution in [0.25, 0.3) is 0 Å². The highest BCUT2D eigenvalue weighted by Crippen LogP contribution is 2.25. The summed E-state index contributed by atoms with van der Waals surface area (Å²) in [6.07, 6.45) is 0. The SMILES string of the molecule is O=C(NCCN(C(=O)c1ccc(Cl)cc1Cl)c1ccc(F)cc1)c1ccc(Br)cc1. The van der Waals surface area contributed by atoms with Crippen LogP contribution in [0.15, 0.2) is 71.2 Å². The Hall–Kier alpha value is -2.41. The Labute approximate surface area is 191 Å².